The summed E-state index contributed by atoms with van der Waals surface area (Å²) in [6, 6.07) is 19.9. The van der Waals surface area contributed by atoms with Crippen LogP contribution in [0.2, 0.25) is 0 Å². The van der Waals surface area contributed by atoms with Crippen molar-refractivity contribution in [3.63, 3.8) is 0 Å². The quantitative estimate of drug-likeness (QED) is 0.386. The van der Waals surface area contributed by atoms with Crippen LogP contribution in [-0.2, 0) is 4.74 Å². The number of para-hydroxylation sites is 1. The number of methoxy groups -OCH3 is 3. The second-order valence-corrected chi connectivity index (χ2v) is 7.72. The zero-order valence-corrected chi connectivity index (χ0v) is 19.9. The topological polar surface area (TPSA) is 91.7 Å². The first kappa shape index (κ1) is 23.6. The highest BCUT2D eigenvalue weighted by molar-refractivity contribution is 6.09. The number of carbonyl (C=O) groups excluding carboxylic acids is 2. The van der Waals surface area contributed by atoms with Crippen molar-refractivity contribution >= 4 is 17.6 Å². The summed E-state index contributed by atoms with van der Waals surface area (Å²) in [6.07, 6.45) is 1.68. The van der Waals surface area contributed by atoms with Crippen molar-refractivity contribution in [2.45, 2.75) is 6.92 Å². The second-order valence-electron chi connectivity index (χ2n) is 7.72. The predicted molar refractivity (Wildman–Crippen MR) is 133 cm³/mol. The fourth-order valence-electron chi connectivity index (χ4n) is 3.64. The number of aryl methyl sites for hydroxylation is 1. The molecule has 1 aromatic heterocycles. The molecule has 8 nitrogen and oxygen atoms in total. The van der Waals surface area contributed by atoms with Crippen molar-refractivity contribution in [1.29, 1.82) is 0 Å². The zero-order valence-electron chi connectivity index (χ0n) is 19.9. The van der Waals surface area contributed by atoms with Gasteiger partial charge in [0.05, 0.1) is 38.1 Å². The molecule has 1 heterocycles. The third-order valence-corrected chi connectivity index (χ3v) is 5.54. The van der Waals surface area contributed by atoms with Gasteiger partial charge in [-0.3, -0.25) is 4.79 Å². The van der Waals surface area contributed by atoms with E-state index in [2.05, 4.69) is 5.32 Å². The van der Waals surface area contributed by atoms with E-state index in [1.165, 1.54) is 7.11 Å². The van der Waals surface area contributed by atoms with Crippen molar-refractivity contribution in [2.75, 3.05) is 26.6 Å². The van der Waals surface area contributed by atoms with Crippen LogP contribution in [0.5, 0.6) is 11.5 Å². The number of hydrogen-bond acceptors (Lipinski definition) is 6. The molecule has 0 aliphatic rings. The Labute approximate surface area is 203 Å². The van der Waals surface area contributed by atoms with Gasteiger partial charge in [-0.2, -0.15) is 5.10 Å². The third-order valence-electron chi connectivity index (χ3n) is 5.54. The lowest BCUT2D eigenvalue weighted by atomic mass is 10.1. The molecular weight excluding hydrogens is 446 g/mol. The lowest BCUT2D eigenvalue weighted by molar-refractivity contribution is 0.0600. The minimum absolute atomic E-state index is 0.341. The van der Waals surface area contributed by atoms with Gasteiger partial charge in [0.1, 0.15) is 5.69 Å². The standard InChI is InChI=1S/C27H25N3O5/c1-17-10-11-19(27(32)35-4)14-22(17)28-26(31)21-16-30(20-8-6-5-7-9-20)29-25(21)18-12-13-23(33-2)24(15-18)34-3/h5-16H,1-4H3,(H,28,31). The normalized spacial score (nSPS) is 10.5. The summed E-state index contributed by atoms with van der Waals surface area (Å²) in [4.78, 5) is 25.5. The molecule has 0 bridgehead atoms. The summed E-state index contributed by atoms with van der Waals surface area (Å²) < 4.78 is 17.2. The van der Waals surface area contributed by atoms with Crippen LogP contribution < -0.4 is 14.8 Å². The van der Waals surface area contributed by atoms with E-state index < -0.39 is 5.97 Å². The molecule has 0 aliphatic heterocycles. The number of benzene rings is 3. The molecule has 0 saturated heterocycles. The highest BCUT2D eigenvalue weighted by Crippen LogP contribution is 2.34. The molecule has 0 aliphatic carbocycles. The molecule has 0 saturated carbocycles. The van der Waals surface area contributed by atoms with Crippen molar-refractivity contribution in [3.05, 3.63) is 89.6 Å². The van der Waals surface area contributed by atoms with E-state index in [0.29, 0.717) is 39.6 Å². The Morgan fingerprint density at radius 2 is 1.63 bits per heavy atom. The SMILES string of the molecule is COC(=O)c1ccc(C)c(NC(=O)c2cn(-c3ccccc3)nc2-c2ccc(OC)c(OC)c2)c1. The van der Waals surface area contributed by atoms with Crippen molar-refractivity contribution in [3.8, 4) is 28.4 Å². The first-order valence-corrected chi connectivity index (χ1v) is 10.8. The monoisotopic (exact) mass is 471 g/mol. The highest BCUT2D eigenvalue weighted by Gasteiger charge is 2.21. The number of rotatable bonds is 7. The van der Waals surface area contributed by atoms with Crippen LogP contribution in [0.3, 0.4) is 0 Å². The number of esters is 1. The highest BCUT2D eigenvalue weighted by atomic mass is 16.5. The average molecular weight is 472 g/mol. The van der Waals surface area contributed by atoms with Gasteiger partial charge in [0.25, 0.3) is 5.91 Å². The van der Waals surface area contributed by atoms with Crippen LogP contribution in [0.15, 0.2) is 72.9 Å². The molecule has 0 unspecified atom stereocenters. The minimum Gasteiger partial charge on any atom is -0.493 e. The first-order chi connectivity index (χ1) is 16.9. The van der Waals surface area contributed by atoms with E-state index in [4.69, 9.17) is 19.3 Å². The third kappa shape index (κ3) is 4.86. The maximum Gasteiger partial charge on any atom is 0.337 e. The fraction of sp³-hybridized carbons (Fsp3) is 0.148. The Morgan fingerprint density at radius 3 is 2.31 bits per heavy atom. The summed E-state index contributed by atoms with van der Waals surface area (Å²) in [6.45, 7) is 1.85. The van der Waals surface area contributed by atoms with Crippen LogP contribution in [0.4, 0.5) is 5.69 Å². The Morgan fingerprint density at radius 1 is 0.886 bits per heavy atom. The predicted octanol–water partition coefficient (Wildman–Crippen LogP) is 4.90. The minimum atomic E-state index is -0.483. The van der Waals surface area contributed by atoms with Gasteiger partial charge in [-0.1, -0.05) is 24.3 Å². The average Bonchev–Trinajstić information content (AvgIpc) is 3.35. The van der Waals surface area contributed by atoms with Gasteiger partial charge in [0, 0.05) is 17.4 Å². The molecule has 4 rings (SSSR count). The summed E-state index contributed by atoms with van der Waals surface area (Å²) >= 11 is 0. The van der Waals surface area contributed by atoms with Crippen molar-refractivity contribution in [1.82, 2.24) is 9.78 Å². The second kappa shape index (κ2) is 10.1. The number of anilines is 1. The van der Waals surface area contributed by atoms with E-state index in [-0.39, 0.29) is 5.91 Å². The molecule has 35 heavy (non-hydrogen) atoms. The molecule has 0 spiro atoms. The number of nitrogens with one attached hydrogen (secondary N) is 1. The van der Waals surface area contributed by atoms with Gasteiger partial charge < -0.3 is 19.5 Å². The van der Waals surface area contributed by atoms with Crippen molar-refractivity contribution in [2.24, 2.45) is 0 Å². The van der Waals surface area contributed by atoms with E-state index in [1.807, 2.05) is 43.3 Å². The number of nitrogens with zero attached hydrogens (tertiary/aromatic N) is 2. The van der Waals surface area contributed by atoms with Crippen LogP contribution in [-0.4, -0.2) is 43.0 Å². The molecular formula is C27H25N3O5. The fourth-order valence-corrected chi connectivity index (χ4v) is 3.64. The number of ether oxygens (including phenoxy) is 3. The molecule has 0 atom stereocenters. The molecule has 0 radical (unpaired) electrons. The van der Waals surface area contributed by atoms with Gasteiger partial charge in [0.2, 0.25) is 0 Å². The molecule has 3 aromatic carbocycles. The summed E-state index contributed by atoms with van der Waals surface area (Å²) in [7, 11) is 4.42. The van der Waals surface area contributed by atoms with Crippen LogP contribution in [0, 0.1) is 6.92 Å². The number of aromatic nitrogens is 2. The Bertz CT molecular complexity index is 1380. The van der Waals surface area contributed by atoms with E-state index in [0.717, 1.165) is 11.3 Å². The summed E-state index contributed by atoms with van der Waals surface area (Å²) in [5.41, 5.74) is 3.95. The van der Waals surface area contributed by atoms with Crippen molar-refractivity contribution < 1.29 is 23.8 Å². The molecule has 8 heteroatoms. The molecule has 1 amide bonds. The number of hydrogen-bond donors (Lipinski definition) is 1. The lowest BCUT2D eigenvalue weighted by Crippen LogP contribution is -2.14. The number of amides is 1. The van der Waals surface area contributed by atoms with Crippen LogP contribution >= 0.6 is 0 Å². The number of carbonyl (C=O) groups is 2. The van der Waals surface area contributed by atoms with Gasteiger partial charge in [-0.25, -0.2) is 9.48 Å². The smallest absolute Gasteiger partial charge is 0.337 e. The van der Waals surface area contributed by atoms with Crippen LogP contribution in [0.1, 0.15) is 26.3 Å². The summed E-state index contributed by atoms with van der Waals surface area (Å²) in [5.74, 6) is 0.234. The lowest BCUT2D eigenvalue weighted by Gasteiger charge is -2.11. The van der Waals surface area contributed by atoms with E-state index in [9.17, 15) is 9.59 Å². The Kier molecular flexibility index (Phi) is 6.82. The van der Waals surface area contributed by atoms with E-state index >= 15 is 0 Å². The molecule has 178 valence electrons. The Hall–Kier alpha value is -4.59. The molecule has 1 N–H and O–H groups in total. The molecule has 0 fully saturated rings. The van der Waals surface area contributed by atoms with Gasteiger partial charge in [-0.15, -0.1) is 0 Å². The zero-order chi connectivity index (χ0) is 24.9. The van der Waals surface area contributed by atoms with Gasteiger partial charge >= 0.3 is 5.97 Å². The van der Waals surface area contributed by atoms with E-state index in [1.54, 1.807) is 55.4 Å². The van der Waals surface area contributed by atoms with Gasteiger partial charge in [0.15, 0.2) is 11.5 Å². The largest absolute Gasteiger partial charge is 0.493 e. The maximum atomic E-state index is 13.5. The van der Waals surface area contributed by atoms with Crippen LogP contribution in [0.25, 0.3) is 16.9 Å². The molecule has 4 aromatic rings. The maximum absolute atomic E-state index is 13.5. The Balaban J connectivity index is 1.79. The van der Waals surface area contributed by atoms with Gasteiger partial charge in [-0.05, 0) is 55.0 Å². The first-order valence-electron chi connectivity index (χ1n) is 10.8. The summed E-state index contributed by atoms with van der Waals surface area (Å²) in [5, 5.41) is 7.63.